The summed E-state index contributed by atoms with van der Waals surface area (Å²) in [5.74, 6) is 0. The number of aromatic amines is 1. The topological polar surface area (TPSA) is 28.7 Å². The van der Waals surface area contributed by atoms with Crippen LogP contribution in [0.25, 0.3) is 0 Å². The fourth-order valence-electron chi connectivity index (χ4n) is 2.70. The van der Waals surface area contributed by atoms with Crippen molar-refractivity contribution in [3.63, 3.8) is 0 Å². The van der Waals surface area contributed by atoms with E-state index in [-0.39, 0.29) is 0 Å². The lowest BCUT2D eigenvalue weighted by atomic mass is 9.75. The zero-order valence-corrected chi connectivity index (χ0v) is 12.5. The molecule has 0 aliphatic heterocycles. The highest BCUT2D eigenvalue weighted by Gasteiger charge is 2.26. The Morgan fingerprint density at radius 1 is 1.00 bits per heavy atom. The first-order valence-electron chi connectivity index (χ1n) is 7.72. The third-order valence-electron chi connectivity index (χ3n) is 4.11. The second kappa shape index (κ2) is 8.34. The molecule has 1 heterocycles. The van der Waals surface area contributed by atoms with Crippen LogP contribution >= 0.6 is 0 Å². The summed E-state index contributed by atoms with van der Waals surface area (Å²) in [4.78, 5) is 0. The van der Waals surface area contributed by atoms with Crippen LogP contribution in [0.5, 0.6) is 0 Å². The van der Waals surface area contributed by atoms with Crippen molar-refractivity contribution in [2.75, 3.05) is 0 Å². The molecule has 2 nitrogen and oxygen atoms in total. The summed E-state index contributed by atoms with van der Waals surface area (Å²) in [6.45, 7) is 6.96. The molecule has 1 aromatic rings. The van der Waals surface area contributed by atoms with Crippen molar-refractivity contribution in [3.05, 3.63) is 18.0 Å². The number of H-pyrrole nitrogens is 1. The van der Waals surface area contributed by atoms with E-state index in [1.54, 1.807) is 0 Å². The van der Waals surface area contributed by atoms with Crippen LogP contribution in [-0.4, -0.2) is 10.2 Å². The fraction of sp³-hybridized carbons (Fsp3) is 0.812. The van der Waals surface area contributed by atoms with Crippen molar-refractivity contribution >= 4 is 0 Å². The monoisotopic (exact) mass is 250 g/mol. The van der Waals surface area contributed by atoms with Gasteiger partial charge in [-0.2, -0.15) is 5.10 Å². The molecule has 0 aliphatic rings. The molecule has 0 bridgehead atoms. The first kappa shape index (κ1) is 15.3. The highest BCUT2D eigenvalue weighted by Crippen LogP contribution is 2.34. The van der Waals surface area contributed by atoms with E-state index in [0.717, 1.165) is 0 Å². The summed E-state index contributed by atoms with van der Waals surface area (Å²) >= 11 is 0. The van der Waals surface area contributed by atoms with E-state index in [0.29, 0.717) is 5.41 Å². The Morgan fingerprint density at radius 3 is 2.17 bits per heavy atom. The van der Waals surface area contributed by atoms with E-state index in [4.69, 9.17) is 0 Å². The molecule has 18 heavy (non-hydrogen) atoms. The van der Waals surface area contributed by atoms with Crippen molar-refractivity contribution < 1.29 is 0 Å². The molecule has 0 saturated heterocycles. The average molecular weight is 250 g/mol. The third kappa shape index (κ3) is 4.83. The van der Waals surface area contributed by atoms with Gasteiger partial charge in [-0.15, -0.1) is 0 Å². The minimum absolute atomic E-state index is 0.329. The molecule has 2 heteroatoms. The maximum absolute atomic E-state index is 4.14. The summed E-state index contributed by atoms with van der Waals surface area (Å²) in [5.41, 5.74) is 1.73. The Morgan fingerprint density at radius 2 is 1.61 bits per heavy atom. The lowest BCUT2D eigenvalue weighted by molar-refractivity contribution is 0.366. The van der Waals surface area contributed by atoms with Crippen LogP contribution in [0.4, 0.5) is 0 Å². The van der Waals surface area contributed by atoms with Crippen molar-refractivity contribution in [2.24, 2.45) is 0 Å². The molecule has 104 valence electrons. The zero-order valence-electron chi connectivity index (χ0n) is 12.5. The molecule has 0 spiro atoms. The maximum Gasteiger partial charge on any atom is 0.0524 e. The Bertz CT molecular complexity index is 292. The van der Waals surface area contributed by atoms with E-state index in [1.165, 1.54) is 63.4 Å². The van der Waals surface area contributed by atoms with Crippen LogP contribution in [0.15, 0.2) is 12.4 Å². The van der Waals surface area contributed by atoms with Crippen LogP contribution in [0.1, 0.15) is 84.1 Å². The molecular weight excluding hydrogens is 220 g/mol. The minimum Gasteiger partial charge on any atom is -0.285 e. The Labute approximate surface area is 113 Å². The normalized spacial score (nSPS) is 14.6. The molecule has 0 radical (unpaired) electrons. The quantitative estimate of drug-likeness (QED) is 0.567. The summed E-state index contributed by atoms with van der Waals surface area (Å²) in [7, 11) is 0. The zero-order chi connectivity index (χ0) is 13.3. The third-order valence-corrected chi connectivity index (χ3v) is 4.11. The van der Waals surface area contributed by atoms with Crippen molar-refractivity contribution in [1.82, 2.24) is 10.2 Å². The molecule has 0 aliphatic carbocycles. The molecule has 0 aromatic carbocycles. The first-order valence-corrected chi connectivity index (χ1v) is 7.72. The number of rotatable bonds is 10. The van der Waals surface area contributed by atoms with Gasteiger partial charge in [0.05, 0.1) is 6.20 Å². The molecule has 1 unspecified atom stereocenters. The van der Waals surface area contributed by atoms with E-state index in [1.807, 2.05) is 6.20 Å². The van der Waals surface area contributed by atoms with Crippen LogP contribution in [0.2, 0.25) is 0 Å². The van der Waals surface area contributed by atoms with Crippen molar-refractivity contribution in [3.8, 4) is 0 Å². The van der Waals surface area contributed by atoms with Gasteiger partial charge in [0.1, 0.15) is 0 Å². The molecule has 1 N–H and O–H groups in total. The van der Waals surface area contributed by atoms with Crippen LogP contribution in [0.3, 0.4) is 0 Å². The van der Waals surface area contributed by atoms with Crippen LogP contribution < -0.4 is 0 Å². The highest BCUT2D eigenvalue weighted by atomic mass is 15.1. The van der Waals surface area contributed by atoms with Gasteiger partial charge in [-0.1, -0.05) is 65.7 Å². The minimum atomic E-state index is 0.329. The van der Waals surface area contributed by atoms with Gasteiger partial charge < -0.3 is 0 Å². The highest BCUT2D eigenvalue weighted by molar-refractivity contribution is 5.17. The summed E-state index contributed by atoms with van der Waals surface area (Å²) < 4.78 is 0. The molecule has 1 rings (SSSR count). The standard InChI is InChI=1S/C16H30N2/c1-4-6-8-10-12-16(3,11-9-7-5-2)15-13-17-18-14-15/h13-14H,4-12H2,1-3H3,(H,17,18). The molecular formula is C16H30N2. The molecule has 0 saturated carbocycles. The van der Waals surface area contributed by atoms with Crippen molar-refractivity contribution in [2.45, 2.75) is 84.0 Å². The lowest BCUT2D eigenvalue weighted by Crippen LogP contribution is -2.21. The van der Waals surface area contributed by atoms with E-state index in [2.05, 4.69) is 37.2 Å². The Balaban J connectivity index is 2.51. The van der Waals surface area contributed by atoms with Gasteiger partial charge >= 0.3 is 0 Å². The summed E-state index contributed by atoms with van der Waals surface area (Å²) in [6, 6.07) is 0. The Kier molecular flexibility index (Phi) is 7.07. The van der Waals surface area contributed by atoms with E-state index < -0.39 is 0 Å². The molecule has 0 fully saturated rings. The average Bonchev–Trinajstić information content (AvgIpc) is 2.89. The molecule has 0 amide bonds. The van der Waals surface area contributed by atoms with E-state index >= 15 is 0 Å². The van der Waals surface area contributed by atoms with Crippen LogP contribution in [0, 0.1) is 0 Å². The number of aromatic nitrogens is 2. The second-order valence-electron chi connectivity index (χ2n) is 5.82. The summed E-state index contributed by atoms with van der Waals surface area (Å²) in [6.07, 6.45) is 16.1. The number of nitrogens with zero attached hydrogens (tertiary/aromatic N) is 1. The number of nitrogens with one attached hydrogen (secondary N) is 1. The largest absolute Gasteiger partial charge is 0.285 e. The number of hydrogen-bond acceptors (Lipinski definition) is 1. The Hall–Kier alpha value is -0.790. The van der Waals surface area contributed by atoms with Gasteiger partial charge in [0.15, 0.2) is 0 Å². The number of hydrogen-bond donors (Lipinski definition) is 1. The van der Waals surface area contributed by atoms with Gasteiger partial charge in [0, 0.05) is 6.20 Å². The second-order valence-corrected chi connectivity index (χ2v) is 5.82. The van der Waals surface area contributed by atoms with E-state index in [9.17, 15) is 0 Å². The predicted molar refractivity (Wildman–Crippen MR) is 78.8 cm³/mol. The first-order chi connectivity index (χ1) is 8.73. The molecule has 1 atom stereocenters. The smallest absolute Gasteiger partial charge is 0.0524 e. The van der Waals surface area contributed by atoms with Crippen LogP contribution in [-0.2, 0) is 5.41 Å². The molecule has 1 aromatic heterocycles. The maximum atomic E-state index is 4.14. The van der Waals surface area contributed by atoms with Gasteiger partial charge in [-0.3, -0.25) is 5.10 Å². The van der Waals surface area contributed by atoms with Crippen molar-refractivity contribution in [1.29, 1.82) is 0 Å². The summed E-state index contributed by atoms with van der Waals surface area (Å²) in [5, 5.41) is 7.11. The van der Waals surface area contributed by atoms with Gasteiger partial charge in [0.25, 0.3) is 0 Å². The van der Waals surface area contributed by atoms with Gasteiger partial charge in [-0.25, -0.2) is 0 Å². The fourth-order valence-corrected chi connectivity index (χ4v) is 2.70. The SMILES string of the molecule is CCCCCCC(C)(CCCCC)c1cn[nH]c1. The lowest BCUT2D eigenvalue weighted by Gasteiger charge is -2.29. The number of unbranched alkanes of at least 4 members (excludes halogenated alkanes) is 5. The van der Waals surface area contributed by atoms with Gasteiger partial charge in [0.2, 0.25) is 0 Å². The predicted octanol–water partition coefficient (Wildman–Crippen LogP) is 5.22. The van der Waals surface area contributed by atoms with Gasteiger partial charge in [-0.05, 0) is 23.8 Å².